The van der Waals surface area contributed by atoms with Crippen molar-refractivity contribution < 1.29 is 22.7 Å². The predicted octanol–water partition coefficient (Wildman–Crippen LogP) is 5.38. The molecule has 180 valence electrons. The van der Waals surface area contributed by atoms with Crippen LogP contribution in [0.1, 0.15) is 21.5 Å². The first-order valence-corrected chi connectivity index (χ1v) is 10.8. The Balaban J connectivity index is 1.57. The summed E-state index contributed by atoms with van der Waals surface area (Å²) in [6.07, 6.45) is -4.07. The van der Waals surface area contributed by atoms with Crippen LogP contribution in [0.3, 0.4) is 0 Å². The Labute approximate surface area is 199 Å². The van der Waals surface area contributed by atoms with Crippen LogP contribution in [-0.2, 0) is 6.42 Å². The van der Waals surface area contributed by atoms with Gasteiger partial charge in [0, 0.05) is 12.1 Å². The van der Waals surface area contributed by atoms with Gasteiger partial charge in [-0.2, -0.15) is 9.67 Å². The molecule has 0 saturated heterocycles. The van der Waals surface area contributed by atoms with E-state index in [1.54, 1.807) is 12.1 Å². The number of halogens is 3. The van der Waals surface area contributed by atoms with Crippen molar-refractivity contribution in [3.63, 3.8) is 0 Å². The zero-order chi connectivity index (χ0) is 24.8. The molecule has 10 heteroatoms. The molecule has 4 rings (SSSR count). The maximum absolute atomic E-state index is 12.9. The topological polar surface area (TPSA) is 81.1 Å². The molecular weight excluding hydrogens is 459 g/mol. The van der Waals surface area contributed by atoms with Crippen molar-refractivity contribution in [1.29, 1.82) is 0 Å². The van der Waals surface area contributed by atoms with Gasteiger partial charge < -0.3 is 10.1 Å². The fourth-order valence-corrected chi connectivity index (χ4v) is 3.40. The van der Waals surface area contributed by atoms with Gasteiger partial charge in [0.15, 0.2) is 0 Å². The largest absolute Gasteiger partial charge is 0.573 e. The Hall–Kier alpha value is -4.34. The predicted molar refractivity (Wildman–Crippen MR) is 126 cm³/mol. The molecule has 3 aromatic carbocycles. The highest BCUT2D eigenvalue weighted by Crippen LogP contribution is 2.25. The van der Waals surface area contributed by atoms with Crippen molar-refractivity contribution in [1.82, 2.24) is 14.8 Å². The number of amides is 1. The van der Waals surface area contributed by atoms with Crippen molar-refractivity contribution >= 4 is 17.8 Å². The average Bonchev–Trinajstić information content (AvgIpc) is 3.22. The van der Waals surface area contributed by atoms with E-state index in [1.165, 1.54) is 28.9 Å². The van der Waals surface area contributed by atoms with E-state index in [2.05, 4.69) is 25.5 Å². The maximum Gasteiger partial charge on any atom is 0.573 e. The van der Waals surface area contributed by atoms with Crippen molar-refractivity contribution in [3.05, 3.63) is 95.6 Å². The maximum atomic E-state index is 12.9. The molecule has 35 heavy (non-hydrogen) atoms. The molecule has 4 aromatic rings. The third-order valence-corrected chi connectivity index (χ3v) is 5.08. The van der Waals surface area contributed by atoms with Gasteiger partial charge in [0.2, 0.25) is 11.9 Å². The Bertz CT molecular complexity index is 1290. The van der Waals surface area contributed by atoms with Gasteiger partial charge in [-0.1, -0.05) is 48.5 Å². The molecule has 2 N–H and O–H groups in total. The van der Waals surface area contributed by atoms with E-state index in [9.17, 15) is 18.0 Å². The number of carbonyl (C=O) groups excluding carboxylic acids is 1. The summed E-state index contributed by atoms with van der Waals surface area (Å²) in [5.74, 6) is -0.376. The number of ether oxygens (including phenoxy) is 1. The first-order valence-electron chi connectivity index (χ1n) is 10.8. The van der Waals surface area contributed by atoms with E-state index in [0.717, 1.165) is 17.5 Å². The zero-order valence-corrected chi connectivity index (χ0v) is 18.7. The normalized spacial score (nSPS) is 11.2. The highest BCUT2D eigenvalue weighted by Gasteiger charge is 2.31. The lowest BCUT2D eigenvalue weighted by molar-refractivity contribution is -0.274. The van der Waals surface area contributed by atoms with Crippen LogP contribution in [0.4, 0.5) is 25.1 Å². The number of nitrogens with one attached hydrogen (secondary N) is 2. The number of rotatable bonds is 8. The molecule has 1 aromatic heterocycles. The van der Waals surface area contributed by atoms with Gasteiger partial charge in [0.25, 0.3) is 5.91 Å². The molecule has 0 unspecified atom stereocenters. The molecule has 1 heterocycles. The number of carbonyl (C=O) groups is 1. The van der Waals surface area contributed by atoms with Crippen LogP contribution < -0.4 is 15.4 Å². The lowest BCUT2D eigenvalue weighted by Gasteiger charge is -2.11. The average molecular weight is 481 g/mol. The summed E-state index contributed by atoms with van der Waals surface area (Å²) in [6, 6.07) is 22.1. The SMILES string of the molecule is Cc1ccccc1C(=O)Nc1nc(NCCc2ccccc2)nn1-c1ccc(OC(F)(F)F)cc1. The van der Waals surface area contributed by atoms with Crippen LogP contribution in [0.25, 0.3) is 5.69 Å². The zero-order valence-electron chi connectivity index (χ0n) is 18.7. The number of alkyl halides is 3. The molecule has 0 fully saturated rings. The number of hydrogen-bond donors (Lipinski definition) is 2. The summed E-state index contributed by atoms with van der Waals surface area (Å²) in [7, 11) is 0. The van der Waals surface area contributed by atoms with E-state index >= 15 is 0 Å². The van der Waals surface area contributed by atoms with E-state index in [0.29, 0.717) is 17.8 Å². The molecule has 0 saturated carbocycles. The summed E-state index contributed by atoms with van der Waals surface area (Å²) < 4.78 is 42.8. The minimum Gasteiger partial charge on any atom is -0.406 e. The molecule has 0 bridgehead atoms. The number of hydrogen-bond acceptors (Lipinski definition) is 5. The smallest absolute Gasteiger partial charge is 0.406 e. The van der Waals surface area contributed by atoms with Gasteiger partial charge in [0.05, 0.1) is 5.69 Å². The van der Waals surface area contributed by atoms with Crippen LogP contribution in [0.5, 0.6) is 5.75 Å². The lowest BCUT2D eigenvalue weighted by Crippen LogP contribution is -2.17. The van der Waals surface area contributed by atoms with Crippen molar-refractivity contribution in [2.24, 2.45) is 0 Å². The minimum atomic E-state index is -4.79. The number of nitrogens with zero attached hydrogens (tertiary/aromatic N) is 3. The molecule has 0 spiro atoms. The number of anilines is 2. The quantitative estimate of drug-likeness (QED) is 0.353. The summed E-state index contributed by atoms with van der Waals surface area (Å²) in [5, 5.41) is 10.3. The van der Waals surface area contributed by atoms with Crippen molar-refractivity contribution in [3.8, 4) is 11.4 Å². The van der Waals surface area contributed by atoms with Crippen molar-refractivity contribution in [2.75, 3.05) is 17.2 Å². The number of aromatic nitrogens is 3. The monoisotopic (exact) mass is 481 g/mol. The Kier molecular flexibility index (Phi) is 7.00. The fraction of sp³-hybridized carbons (Fsp3) is 0.160. The van der Waals surface area contributed by atoms with Crippen LogP contribution in [0.15, 0.2) is 78.9 Å². The van der Waals surface area contributed by atoms with Crippen LogP contribution in [0, 0.1) is 6.92 Å². The summed E-state index contributed by atoms with van der Waals surface area (Å²) in [5.41, 5.74) is 2.77. The van der Waals surface area contributed by atoms with Gasteiger partial charge in [-0.3, -0.25) is 10.1 Å². The van der Waals surface area contributed by atoms with Gasteiger partial charge in [-0.15, -0.1) is 18.3 Å². The second kappa shape index (κ2) is 10.3. The summed E-state index contributed by atoms with van der Waals surface area (Å²) in [4.78, 5) is 17.3. The molecule has 7 nitrogen and oxygen atoms in total. The first-order chi connectivity index (χ1) is 16.8. The summed E-state index contributed by atoms with van der Waals surface area (Å²) >= 11 is 0. The van der Waals surface area contributed by atoms with Gasteiger partial charge in [-0.05, 0) is 54.8 Å². The fourth-order valence-electron chi connectivity index (χ4n) is 3.40. The first kappa shape index (κ1) is 23.8. The Morgan fingerprint density at radius 2 is 1.66 bits per heavy atom. The molecule has 0 radical (unpaired) electrons. The minimum absolute atomic E-state index is 0.116. The highest BCUT2D eigenvalue weighted by molar-refractivity contribution is 6.04. The Morgan fingerprint density at radius 1 is 0.971 bits per heavy atom. The third-order valence-electron chi connectivity index (χ3n) is 5.08. The second-order valence-corrected chi connectivity index (χ2v) is 7.64. The Morgan fingerprint density at radius 3 is 2.34 bits per heavy atom. The molecular formula is C25H22F3N5O2. The van der Waals surface area contributed by atoms with E-state index in [4.69, 9.17) is 0 Å². The van der Waals surface area contributed by atoms with Crippen molar-refractivity contribution in [2.45, 2.75) is 19.7 Å². The molecule has 0 atom stereocenters. The van der Waals surface area contributed by atoms with Crippen LogP contribution >= 0.6 is 0 Å². The number of aryl methyl sites for hydroxylation is 1. The molecule has 0 aliphatic heterocycles. The molecule has 0 aliphatic rings. The second-order valence-electron chi connectivity index (χ2n) is 7.64. The highest BCUT2D eigenvalue weighted by atomic mass is 19.4. The van der Waals surface area contributed by atoms with Gasteiger partial charge in [0.1, 0.15) is 5.75 Å². The lowest BCUT2D eigenvalue weighted by atomic mass is 10.1. The summed E-state index contributed by atoms with van der Waals surface area (Å²) in [6.45, 7) is 2.35. The molecule has 0 aliphatic carbocycles. The van der Waals surface area contributed by atoms with E-state index in [-0.39, 0.29) is 23.6 Å². The van der Waals surface area contributed by atoms with Crippen LogP contribution in [0.2, 0.25) is 0 Å². The van der Waals surface area contributed by atoms with E-state index < -0.39 is 6.36 Å². The standard InChI is InChI=1S/C25H22F3N5O2/c1-17-7-5-6-10-21(17)22(34)30-24-31-23(29-16-15-18-8-3-2-4-9-18)32-33(24)19-11-13-20(14-12-19)35-25(26,27)28/h2-14H,15-16H2,1H3,(H2,29,30,31,32,34). The van der Waals surface area contributed by atoms with E-state index in [1.807, 2.05) is 49.4 Å². The number of benzene rings is 3. The van der Waals surface area contributed by atoms with Gasteiger partial charge >= 0.3 is 6.36 Å². The van der Waals surface area contributed by atoms with Crippen LogP contribution in [-0.4, -0.2) is 33.6 Å². The molecule has 1 amide bonds. The third kappa shape index (κ3) is 6.38. The van der Waals surface area contributed by atoms with Gasteiger partial charge in [-0.25, -0.2) is 0 Å².